The van der Waals surface area contributed by atoms with Gasteiger partial charge >= 0.3 is 0 Å². The Labute approximate surface area is 145 Å². The Bertz CT molecular complexity index is 689. The van der Waals surface area contributed by atoms with E-state index in [-0.39, 0.29) is 11.9 Å². The first-order valence-electron chi connectivity index (χ1n) is 7.89. The largest absolute Gasteiger partial charge is 0.383 e. The summed E-state index contributed by atoms with van der Waals surface area (Å²) in [5.41, 5.74) is 0.889. The molecule has 132 valence electrons. The van der Waals surface area contributed by atoms with E-state index in [4.69, 9.17) is 9.47 Å². The van der Waals surface area contributed by atoms with Gasteiger partial charge in [-0.1, -0.05) is 6.92 Å². The summed E-state index contributed by atoms with van der Waals surface area (Å²) in [5, 5.41) is 7.15. The zero-order valence-corrected chi connectivity index (χ0v) is 15.3. The summed E-state index contributed by atoms with van der Waals surface area (Å²) in [5.74, 6) is 0.635. The van der Waals surface area contributed by atoms with Crippen molar-refractivity contribution in [3.63, 3.8) is 0 Å². The van der Waals surface area contributed by atoms with Crippen molar-refractivity contribution in [2.75, 3.05) is 39.3 Å². The molecular formula is C16H24N4O3S. The Morgan fingerprint density at radius 3 is 2.79 bits per heavy atom. The van der Waals surface area contributed by atoms with Crippen LogP contribution < -0.4 is 10.6 Å². The minimum atomic E-state index is -0.109. The van der Waals surface area contributed by atoms with Crippen LogP contribution in [0.25, 0.3) is 10.2 Å². The van der Waals surface area contributed by atoms with Gasteiger partial charge < -0.3 is 20.1 Å². The summed E-state index contributed by atoms with van der Waals surface area (Å²) < 4.78 is 10.2. The lowest BCUT2D eigenvalue weighted by molar-refractivity contribution is 0.0940. The summed E-state index contributed by atoms with van der Waals surface area (Å²) in [6.07, 6.45) is 2.43. The minimum absolute atomic E-state index is 0.109. The number of carbonyl (C=O) groups is 1. The number of hydrogen-bond donors (Lipinski definition) is 2. The highest BCUT2D eigenvalue weighted by Crippen LogP contribution is 2.33. The number of rotatable bonds is 9. The van der Waals surface area contributed by atoms with Crippen molar-refractivity contribution >= 4 is 33.3 Å². The van der Waals surface area contributed by atoms with Crippen LogP contribution in [0.4, 0.5) is 5.82 Å². The van der Waals surface area contributed by atoms with Gasteiger partial charge in [0.2, 0.25) is 0 Å². The molecule has 0 saturated heterocycles. The summed E-state index contributed by atoms with van der Waals surface area (Å²) in [7, 11) is 3.28. The minimum Gasteiger partial charge on any atom is -0.383 e. The van der Waals surface area contributed by atoms with Crippen molar-refractivity contribution in [3.8, 4) is 0 Å². The first-order valence-corrected chi connectivity index (χ1v) is 8.70. The number of amides is 1. The third-order valence-electron chi connectivity index (χ3n) is 3.73. The Hall–Kier alpha value is -1.77. The molecule has 0 spiro atoms. The van der Waals surface area contributed by atoms with Gasteiger partial charge in [-0.05, 0) is 18.9 Å². The topological polar surface area (TPSA) is 85.4 Å². The monoisotopic (exact) mass is 352 g/mol. The van der Waals surface area contributed by atoms with Crippen LogP contribution in [0.5, 0.6) is 0 Å². The fourth-order valence-electron chi connectivity index (χ4n) is 2.40. The molecule has 0 bridgehead atoms. The lowest BCUT2D eigenvalue weighted by Crippen LogP contribution is -2.26. The molecule has 0 aromatic carbocycles. The molecule has 1 atom stereocenters. The molecule has 2 aromatic rings. The molecule has 2 N–H and O–H groups in total. The van der Waals surface area contributed by atoms with E-state index in [2.05, 4.69) is 27.5 Å². The number of nitrogens with one attached hydrogen (secondary N) is 2. The number of hydrogen-bond acceptors (Lipinski definition) is 7. The second-order valence-electron chi connectivity index (χ2n) is 5.41. The van der Waals surface area contributed by atoms with Gasteiger partial charge in [0, 0.05) is 20.8 Å². The van der Waals surface area contributed by atoms with E-state index in [1.54, 1.807) is 14.2 Å². The third kappa shape index (κ3) is 4.19. The Morgan fingerprint density at radius 1 is 1.33 bits per heavy atom. The van der Waals surface area contributed by atoms with Gasteiger partial charge in [-0.2, -0.15) is 0 Å². The van der Waals surface area contributed by atoms with Gasteiger partial charge in [-0.3, -0.25) is 4.79 Å². The van der Waals surface area contributed by atoms with E-state index in [1.165, 1.54) is 17.7 Å². The second kappa shape index (κ2) is 8.91. The first-order chi connectivity index (χ1) is 11.6. The molecule has 0 radical (unpaired) electrons. The molecule has 8 heteroatoms. The second-order valence-corrected chi connectivity index (χ2v) is 6.41. The number of aromatic nitrogens is 2. The fraction of sp³-hybridized carbons (Fsp3) is 0.562. The van der Waals surface area contributed by atoms with Crippen LogP contribution in [0.1, 0.15) is 28.6 Å². The van der Waals surface area contributed by atoms with Crippen LogP contribution in [-0.4, -0.2) is 55.9 Å². The highest BCUT2D eigenvalue weighted by Gasteiger charge is 2.20. The van der Waals surface area contributed by atoms with Crippen molar-refractivity contribution in [1.29, 1.82) is 0 Å². The number of anilines is 1. The SMILES string of the molecule is CCC(COC)Nc1ncnc2sc(C(=O)NCCOC)c(C)c12. The number of aryl methyl sites for hydroxylation is 1. The van der Waals surface area contributed by atoms with Crippen molar-refractivity contribution in [3.05, 3.63) is 16.8 Å². The van der Waals surface area contributed by atoms with E-state index >= 15 is 0 Å². The maximum absolute atomic E-state index is 12.4. The zero-order chi connectivity index (χ0) is 17.5. The predicted molar refractivity (Wildman–Crippen MR) is 95.9 cm³/mol. The van der Waals surface area contributed by atoms with Crippen LogP contribution in [0.3, 0.4) is 0 Å². The summed E-state index contributed by atoms with van der Waals surface area (Å²) in [6, 6.07) is 0.159. The standard InChI is InChI=1S/C16H24N4O3S/c1-5-11(8-23-4)20-14-12-10(2)13(15(21)17-6-7-22-3)24-16(12)19-9-18-14/h9,11H,5-8H2,1-4H3,(H,17,21)(H,18,19,20). The lowest BCUT2D eigenvalue weighted by atomic mass is 10.1. The number of thiophene rings is 1. The maximum atomic E-state index is 12.4. The van der Waals surface area contributed by atoms with Crippen LogP contribution >= 0.6 is 11.3 Å². The number of nitrogens with zero attached hydrogens (tertiary/aromatic N) is 2. The van der Waals surface area contributed by atoms with Gasteiger partial charge in [0.15, 0.2) is 0 Å². The van der Waals surface area contributed by atoms with Gasteiger partial charge in [-0.15, -0.1) is 11.3 Å². The lowest BCUT2D eigenvalue weighted by Gasteiger charge is -2.17. The van der Waals surface area contributed by atoms with E-state index in [1.807, 2.05) is 6.92 Å². The van der Waals surface area contributed by atoms with Gasteiger partial charge in [0.25, 0.3) is 5.91 Å². The van der Waals surface area contributed by atoms with E-state index < -0.39 is 0 Å². The average Bonchev–Trinajstić information content (AvgIpc) is 2.92. The van der Waals surface area contributed by atoms with Gasteiger partial charge in [-0.25, -0.2) is 9.97 Å². The van der Waals surface area contributed by atoms with Crippen molar-refractivity contribution < 1.29 is 14.3 Å². The molecule has 0 aliphatic rings. The van der Waals surface area contributed by atoms with Gasteiger partial charge in [0.05, 0.1) is 29.5 Å². The van der Waals surface area contributed by atoms with Crippen LogP contribution in [-0.2, 0) is 9.47 Å². The maximum Gasteiger partial charge on any atom is 0.261 e. The third-order valence-corrected chi connectivity index (χ3v) is 4.92. The highest BCUT2D eigenvalue weighted by molar-refractivity contribution is 7.20. The summed E-state index contributed by atoms with van der Waals surface area (Å²) in [4.78, 5) is 22.5. The highest BCUT2D eigenvalue weighted by atomic mass is 32.1. The average molecular weight is 352 g/mol. The Balaban J connectivity index is 2.30. The van der Waals surface area contributed by atoms with Crippen LogP contribution in [0, 0.1) is 6.92 Å². The molecule has 1 amide bonds. The van der Waals surface area contributed by atoms with E-state index in [0.29, 0.717) is 24.6 Å². The Kier molecular flexibility index (Phi) is 6.89. The summed E-state index contributed by atoms with van der Waals surface area (Å²) in [6.45, 7) is 5.57. The molecule has 0 aliphatic carbocycles. The van der Waals surface area contributed by atoms with Crippen LogP contribution in [0.15, 0.2) is 6.33 Å². The molecule has 7 nitrogen and oxygen atoms in total. The molecule has 2 aromatic heterocycles. The predicted octanol–water partition coefficient (Wildman–Crippen LogP) is 2.21. The molecule has 2 heterocycles. The van der Waals surface area contributed by atoms with Crippen molar-refractivity contribution in [1.82, 2.24) is 15.3 Å². The molecule has 0 saturated carbocycles. The number of ether oxygens (including phenoxy) is 2. The number of carbonyl (C=O) groups excluding carboxylic acids is 1. The first kappa shape index (κ1) is 18.6. The van der Waals surface area contributed by atoms with Crippen LogP contribution in [0.2, 0.25) is 0 Å². The molecule has 24 heavy (non-hydrogen) atoms. The molecule has 1 unspecified atom stereocenters. The Morgan fingerprint density at radius 2 is 2.12 bits per heavy atom. The van der Waals surface area contributed by atoms with E-state index in [9.17, 15) is 4.79 Å². The molecular weight excluding hydrogens is 328 g/mol. The van der Waals surface area contributed by atoms with E-state index in [0.717, 1.165) is 28.0 Å². The zero-order valence-electron chi connectivity index (χ0n) is 14.5. The number of methoxy groups -OCH3 is 2. The quantitative estimate of drug-likeness (QED) is 0.673. The summed E-state index contributed by atoms with van der Waals surface area (Å²) >= 11 is 1.38. The smallest absolute Gasteiger partial charge is 0.261 e. The normalized spacial score (nSPS) is 12.3. The fourth-order valence-corrected chi connectivity index (χ4v) is 3.47. The van der Waals surface area contributed by atoms with Gasteiger partial charge in [0.1, 0.15) is 17.0 Å². The van der Waals surface area contributed by atoms with Crippen molar-refractivity contribution in [2.45, 2.75) is 26.3 Å². The molecule has 0 aliphatic heterocycles. The van der Waals surface area contributed by atoms with Crippen molar-refractivity contribution in [2.24, 2.45) is 0 Å². The number of fused-ring (bicyclic) bond motifs is 1. The molecule has 0 fully saturated rings. The molecule has 2 rings (SSSR count).